The van der Waals surface area contributed by atoms with Crippen LogP contribution in [0.25, 0.3) is 0 Å². The predicted octanol–water partition coefficient (Wildman–Crippen LogP) is 3.88. The number of carboxylic acid groups (broad SMARTS) is 2. The van der Waals surface area contributed by atoms with Crippen LogP contribution in [0.3, 0.4) is 0 Å². The van der Waals surface area contributed by atoms with Crippen LogP contribution in [0, 0.1) is 5.92 Å². The zero-order valence-electron chi connectivity index (χ0n) is 11.6. The van der Waals surface area contributed by atoms with Crippen LogP contribution >= 0.6 is 28.6 Å². The molecular formula is C13H17O6PS2. The smallest absolute Gasteiger partial charge is 0.307 e. The molecule has 2 atom stereocenters. The Hall–Kier alpha value is -0.950. The molecule has 0 fully saturated rings. The fourth-order valence-electron chi connectivity index (χ4n) is 1.72. The van der Waals surface area contributed by atoms with Gasteiger partial charge < -0.3 is 14.8 Å². The van der Waals surface area contributed by atoms with E-state index in [0.717, 1.165) is 16.9 Å². The van der Waals surface area contributed by atoms with Crippen LogP contribution in [0.1, 0.15) is 18.4 Å². The van der Waals surface area contributed by atoms with Crippen molar-refractivity contribution in [1.29, 1.82) is 0 Å². The third-order valence-corrected chi connectivity index (χ3v) is 9.64. The van der Waals surface area contributed by atoms with E-state index in [1.807, 2.05) is 30.3 Å². The number of carbonyl (C=O) groups is 2. The molecule has 0 saturated carbocycles. The average molecular weight is 364 g/mol. The van der Waals surface area contributed by atoms with Crippen molar-refractivity contribution in [2.24, 2.45) is 5.92 Å². The summed E-state index contributed by atoms with van der Waals surface area (Å²) >= 11 is 1.19. The summed E-state index contributed by atoms with van der Waals surface area (Å²) in [6.07, 6.45) is -0.661. The van der Waals surface area contributed by atoms with Crippen molar-refractivity contribution >= 4 is 40.5 Å². The third kappa shape index (κ3) is 6.87. The van der Waals surface area contributed by atoms with E-state index in [2.05, 4.69) is 0 Å². The Bertz CT molecular complexity index is 551. The summed E-state index contributed by atoms with van der Waals surface area (Å²) in [5.41, 5.74) is -2.30. The molecule has 0 aliphatic heterocycles. The lowest BCUT2D eigenvalue weighted by Crippen LogP contribution is -2.18. The highest BCUT2D eigenvalue weighted by Crippen LogP contribution is 2.69. The van der Waals surface area contributed by atoms with Gasteiger partial charge >= 0.3 is 11.9 Å². The van der Waals surface area contributed by atoms with E-state index in [4.69, 9.17) is 10.2 Å². The van der Waals surface area contributed by atoms with Crippen LogP contribution < -0.4 is 0 Å². The second-order valence-electron chi connectivity index (χ2n) is 4.60. The highest BCUT2D eigenvalue weighted by molar-refractivity contribution is 8.89. The van der Waals surface area contributed by atoms with Gasteiger partial charge in [0, 0.05) is 18.3 Å². The molecule has 1 aromatic rings. The standard InChI is InChI=1S/C13H17O6PS2/c14-12(15)7-6-11(13(16)17)8-20(18,22-19)21-9-10-4-2-1-3-5-10/h1-5,11,19H,6-9H2,(H,14,15)(H,16,17). The second-order valence-corrected chi connectivity index (χ2v) is 12.4. The first-order chi connectivity index (χ1) is 10.4. The Labute approximate surface area is 136 Å². The molecule has 22 heavy (non-hydrogen) atoms. The molecule has 0 spiro atoms. The van der Waals surface area contributed by atoms with Gasteiger partial charge in [-0.25, -0.2) is 0 Å². The molecule has 0 bridgehead atoms. The molecule has 0 aromatic heterocycles. The van der Waals surface area contributed by atoms with Crippen LogP contribution in [-0.4, -0.2) is 32.9 Å². The van der Waals surface area contributed by atoms with Gasteiger partial charge in [-0.1, -0.05) is 41.7 Å². The molecule has 0 aliphatic rings. The molecule has 1 aromatic carbocycles. The predicted molar refractivity (Wildman–Crippen MR) is 88.4 cm³/mol. The van der Waals surface area contributed by atoms with E-state index < -0.39 is 23.4 Å². The van der Waals surface area contributed by atoms with Crippen molar-refractivity contribution in [3.8, 4) is 0 Å². The summed E-state index contributed by atoms with van der Waals surface area (Å²) < 4.78 is 21.9. The van der Waals surface area contributed by atoms with Crippen molar-refractivity contribution in [3.05, 3.63) is 35.9 Å². The maximum atomic E-state index is 12.6. The summed E-state index contributed by atoms with van der Waals surface area (Å²) in [5, 5.41) is 17.7. The zero-order chi connectivity index (χ0) is 16.6. The van der Waals surface area contributed by atoms with Gasteiger partial charge in [0.25, 0.3) is 0 Å². The monoisotopic (exact) mass is 364 g/mol. The molecule has 3 N–H and O–H groups in total. The van der Waals surface area contributed by atoms with Crippen LogP contribution in [0.5, 0.6) is 0 Å². The quantitative estimate of drug-likeness (QED) is 0.423. The van der Waals surface area contributed by atoms with Gasteiger partial charge in [-0.05, 0) is 12.0 Å². The first-order valence-electron chi connectivity index (χ1n) is 6.41. The summed E-state index contributed by atoms with van der Waals surface area (Å²) in [4.78, 5) is 21.7. The molecule has 6 nitrogen and oxygen atoms in total. The number of hydrogen-bond acceptors (Lipinski definition) is 6. The Morgan fingerprint density at radius 2 is 1.82 bits per heavy atom. The van der Waals surface area contributed by atoms with Crippen molar-refractivity contribution in [3.63, 3.8) is 0 Å². The minimum Gasteiger partial charge on any atom is -0.481 e. The van der Waals surface area contributed by atoms with Crippen molar-refractivity contribution in [2.45, 2.75) is 18.6 Å². The van der Waals surface area contributed by atoms with Crippen molar-refractivity contribution in [2.75, 3.05) is 6.16 Å². The van der Waals surface area contributed by atoms with Gasteiger partial charge in [-0.2, -0.15) is 0 Å². The largest absolute Gasteiger partial charge is 0.481 e. The lowest BCUT2D eigenvalue weighted by Gasteiger charge is -2.18. The molecule has 0 amide bonds. The fraction of sp³-hybridized carbons (Fsp3) is 0.385. The summed E-state index contributed by atoms with van der Waals surface area (Å²) in [7, 11) is 0. The van der Waals surface area contributed by atoms with Gasteiger partial charge in [0.15, 0.2) is 0 Å². The summed E-state index contributed by atoms with van der Waals surface area (Å²) in [6.45, 7) is 0. The first kappa shape index (κ1) is 19.1. The van der Waals surface area contributed by atoms with Crippen LogP contribution in [-0.2, 0) is 19.9 Å². The number of hydrogen-bond donors (Lipinski definition) is 3. The highest BCUT2D eigenvalue weighted by Gasteiger charge is 2.32. The normalized spacial score (nSPS) is 15.0. The maximum Gasteiger partial charge on any atom is 0.307 e. The maximum absolute atomic E-state index is 12.6. The van der Waals surface area contributed by atoms with E-state index >= 15 is 0 Å². The first-order valence-corrected chi connectivity index (χ1v) is 11.3. The van der Waals surface area contributed by atoms with E-state index in [-0.39, 0.29) is 30.7 Å². The van der Waals surface area contributed by atoms with Crippen LogP contribution in [0.4, 0.5) is 0 Å². The minimum atomic E-state index is -3.22. The molecule has 0 heterocycles. The van der Waals surface area contributed by atoms with Gasteiger partial charge in [-0.15, -0.1) is 0 Å². The van der Waals surface area contributed by atoms with Crippen LogP contribution in [0.15, 0.2) is 30.3 Å². The Kier molecular flexibility index (Phi) is 8.03. The van der Waals surface area contributed by atoms with Gasteiger partial charge in [0.2, 0.25) is 5.55 Å². The van der Waals surface area contributed by atoms with Gasteiger partial charge in [-0.3, -0.25) is 14.2 Å². The molecule has 1 rings (SSSR count). The van der Waals surface area contributed by atoms with Gasteiger partial charge in [0.1, 0.15) is 0 Å². The lowest BCUT2D eigenvalue weighted by molar-refractivity contribution is -0.142. The van der Waals surface area contributed by atoms with E-state index in [0.29, 0.717) is 5.75 Å². The van der Waals surface area contributed by atoms with Crippen molar-refractivity contribution in [1.82, 2.24) is 0 Å². The molecular weight excluding hydrogens is 347 g/mol. The topological polar surface area (TPSA) is 112 Å². The fourth-order valence-corrected chi connectivity index (χ4v) is 7.03. The summed E-state index contributed by atoms with van der Waals surface area (Å²) in [5.74, 6) is -2.97. The SMILES string of the molecule is O=C(O)CCC(CP(=O)(SO)SCc1ccccc1)C(=O)O. The summed E-state index contributed by atoms with van der Waals surface area (Å²) in [6, 6.07) is 9.21. The van der Waals surface area contributed by atoms with Crippen LogP contribution in [0.2, 0.25) is 0 Å². The zero-order valence-corrected chi connectivity index (χ0v) is 14.2. The van der Waals surface area contributed by atoms with Gasteiger partial charge in [0.05, 0.1) is 17.6 Å². The number of rotatable bonds is 10. The molecule has 0 radical (unpaired) electrons. The number of benzene rings is 1. The number of aliphatic carboxylic acids is 2. The van der Waals surface area contributed by atoms with E-state index in [9.17, 15) is 18.7 Å². The third-order valence-electron chi connectivity index (χ3n) is 2.90. The molecule has 0 saturated heterocycles. The second kappa shape index (κ2) is 9.25. The van der Waals surface area contributed by atoms with E-state index in [1.165, 1.54) is 0 Å². The molecule has 122 valence electrons. The van der Waals surface area contributed by atoms with Crippen molar-refractivity contribution < 1.29 is 28.9 Å². The molecule has 9 heteroatoms. The minimum absolute atomic E-state index is 0.110. The Balaban J connectivity index is 2.67. The number of carboxylic acids is 2. The Morgan fingerprint density at radius 3 is 2.32 bits per heavy atom. The Morgan fingerprint density at radius 1 is 1.18 bits per heavy atom. The molecule has 0 aliphatic carbocycles. The average Bonchev–Trinajstić information content (AvgIpc) is 2.50. The molecule has 2 unspecified atom stereocenters. The lowest BCUT2D eigenvalue weighted by atomic mass is 10.1. The van der Waals surface area contributed by atoms with E-state index in [1.54, 1.807) is 0 Å². The highest BCUT2D eigenvalue weighted by atomic mass is 33.1.